The zero-order valence-corrected chi connectivity index (χ0v) is 10.7. The molecule has 0 saturated carbocycles. The van der Waals surface area contributed by atoms with E-state index in [1.165, 1.54) is 11.8 Å². The molecule has 1 amide bonds. The van der Waals surface area contributed by atoms with Crippen molar-refractivity contribution in [2.75, 3.05) is 12.3 Å². The van der Waals surface area contributed by atoms with Crippen LogP contribution in [0.25, 0.3) is 11.1 Å². The average molecular weight is 262 g/mol. The monoisotopic (exact) mass is 262 g/mol. The minimum atomic E-state index is -0.0240. The fourth-order valence-electron chi connectivity index (χ4n) is 1.40. The Morgan fingerprint density at radius 1 is 1.50 bits per heavy atom. The lowest BCUT2D eigenvalue weighted by Gasteiger charge is -2.00. The van der Waals surface area contributed by atoms with Crippen LogP contribution in [0.1, 0.15) is 6.42 Å². The van der Waals surface area contributed by atoms with Gasteiger partial charge in [0, 0.05) is 6.54 Å². The third-order valence-electron chi connectivity index (χ3n) is 2.27. The number of oxazole rings is 1. The smallest absolute Gasteiger partial charge is 0.257 e. The molecule has 0 spiro atoms. The van der Waals surface area contributed by atoms with Crippen molar-refractivity contribution in [3.63, 3.8) is 0 Å². The van der Waals surface area contributed by atoms with Crippen molar-refractivity contribution in [3.05, 3.63) is 36.9 Å². The number of fused-ring (bicyclic) bond motifs is 1. The number of amides is 1. The molecule has 0 atom stereocenters. The summed E-state index contributed by atoms with van der Waals surface area (Å²) < 4.78 is 5.50. The molecule has 2 rings (SSSR count). The van der Waals surface area contributed by atoms with Crippen molar-refractivity contribution in [2.45, 2.75) is 11.6 Å². The Balaban J connectivity index is 1.86. The molecule has 0 fully saturated rings. The van der Waals surface area contributed by atoms with Gasteiger partial charge in [0.05, 0.1) is 5.75 Å². The summed E-state index contributed by atoms with van der Waals surface area (Å²) in [4.78, 5) is 15.8. The molecule has 1 aromatic carbocycles. The predicted molar refractivity (Wildman–Crippen MR) is 72.6 cm³/mol. The first-order valence-corrected chi connectivity index (χ1v) is 6.64. The van der Waals surface area contributed by atoms with Crippen LogP contribution in [0.3, 0.4) is 0 Å². The highest BCUT2D eigenvalue weighted by Crippen LogP contribution is 2.22. The van der Waals surface area contributed by atoms with Crippen molar-refractivity contribution < 1.29 is 9.21 Å². The van der Waals surface area contributed by atoms with Gasteiger partial charge in [-0.1, -0.05) is 30.0 Å². The van der Waals surface area contributed by atoms with Gasteiger partial charge in [-0.15, -0.1) is 6.58 Å². The molecule has 0 aliphatic carbocycles. The molecule has 2 aromatic rings. The van der Waals surface area contributed by atoms with Gasteiger partial charge in [0.25, 0.3) is 5.22 Å². The summed E-state index contributed by atoms with van der Waals surface area (Å²) in [5.41, 5.74) is 1.55. The number of hydrogen-bond donors (Lipinski definition) is 1. The Morgan fingerprint density at radius 2 is 2.33 bits per heavy atom. The van der Waals surface area contributed by atoms with E-state index in [-0.39, 0.29) is 5.91 Å². The van der Waals surface area contributed by atoms with Gasteiger partial charge in [0.1, 0.15) is 5.52 Å². The maximum Gasteiger partial charge on any atom is 0.257 e. The summed E-state index contributed by atoms with van der Waals surface area (Å²) in [5.74, 6) is 0.286. The van der Waals surface area contributed by atoms with Crippen LogP contribution in [0.4, 0.5) is 0 Å². The number of hydrogen-bond acceptors (Lipinski definition) is 4. The topological polar surface area (TPSA) is 55.1 Å². The van der Waals surface area contributed by atoms with E-state index in [0.717, 1.165) is 17.5 Å². The molecule has 0 aliphatic heterocycles. The number of thioether (sulfide) groups is 1. The second-order valence-electron chi connectivity index (χ2n) is 3.66. The largest absolute Gasteiger partial charge is 0.431 e. The van der Waals surface area contributed by atoms with E-state index in [0.29, 0.717) is 17.5 Å². The van der Waals surface area contributed by atoms with Crippen LogP contribution in [-0.2, 0) is 4.79 Å². The Kier molecular flexibility index (Phi) is 4.41. The predicted octanol–water partition coefficient (Wildman–Crippen LogP) is 2.61. The van der Waals surface area contributed by atoms with E-state index in [1.54, 1.807) is 6.08 Å². The lowest BCUT2D eigenvalue weighted by atomic mass is 10.3. The third kappa shape index (κ3) is 3.37. The molecule has 5 heteroatoms. The molecule has 1 heterocycles. The minimum absolute atomic E-state index is 0.0240. The number of carbonyl (C=O) groups excluding carboxylic acids is 1. The normalized spacial score (nSPS) is 10.4. The Labute approximate surface area is 109 Å². The van der Waals surface area contributed by atoms with E-state index >= 15 is 0 Å². The van der Waals surface area contributed by atoms with Crippen LogP contribution in [-0.4, -0.2) is 23.2 Å². The quantitative estimate of drug-likeness (QED) is 0.494. The summed E-state index contributed by atoms with van der Waals surface area (Å²) in [6, 6.07) is 7.54. The molecule has 0 bridgehead atoms. The molecule has 0 unspecified atom stereocenters. The average Bonchev–Trinajstić information content (AvgIpc) is 2.79. The first-order valence-electron chi connectivity index (χ1n) is 5.65. The maximum atomic E-state index is 11.5. The van der Waals surface area contributed by atoms with Gasteiger partial charge in [-0.3, -0.25) is 4.79 Å². The van der Waals surface area contributed by atoms with Crippen molar-refractivity contribution in [1.29, 1.82) is 0 Å². The second kappa shape index (κ2) is 6.26. The fourth-order valence-corrected chi connectivity index (χ4v) is 2.07. The Morgan fingerprint density at radius 3 is 3.11 bits per heavy atom. The second-order valence-corrected chi connectivity index (χ2v) is 4.59. The van der Waals surface area contributed by atoms with Gasteiger partial charge < -0.3 is 9.73 Å². The summed E-state index contributed by atoms with van der Waals surface area (Å²) in [5, 5.41) is 3.31. The molecule has 94 valence electrons. The maximum absolute atomic E-state index is 11.5. The molecule has 1 N–H and O–H groups in total. The van der Waals surface area contributed by atoms with Crippen LogP contribution in [0.5, 0.6) is 0 Å². The van der Waals surface area contributed by atoms with E-state index in [1.807, 2.05) is 24.3 Å². The number of para-hydroxylation sites is 2. The number of rotatable bonds is 6. The van der Waals surface area contributed by atoms with Crippen LogP contribution >= 0.6 is 11.8 Å². The molecule has 0 aliphatic rings. The molecule has 0 saturated heterocycles. The number of aromatic nitrogens is 1. The molecular formula is C13H14N2O2S. The van der Waals surface area contributed by atoms with Crippen LogP contribution in [0, 0.1) is 0 Å². The summed E-state index contributed by atoms with van der Waals surface area (Å²) in [7, 11) is 0. The zero-order valence-electron chi connectivity index (χ0n) is 9.89. The van der Waals surface area contributed by atoms with Gasteiger partial charge in [-0.2, -0.15) is 0 Å². The van der Waals surface area contributed by atoms with Gasteiger partial charge in [-0.25, -0.2) is 4.98 Å². The number of nitrogens with zero attached hydrogens (tertiary/aromatic N) is 1. The van der Waals surface area contributed by atoms with Crippen molar-refractivity contribution in [2.24, 2.45) is 0 Å². The first kappa shape index (κ1) is 12.7. The van der Waals surface area contributed by atoms with Crippen LogP contribution in [0.15, 0.2) is 46.6 Å². The van der Waals surface area contributed by atoms with E-state index in [4.69, 9.17) is 4.42 Å². The fraction of sp³-hybridized carbons (Fsp3) is 0.231. The number of benzene rings is 1. The molecule has 18 heavy (non-hydrogen) atoms. The molecule has 0 radical (unpaired) electrons. The zero-order chi connectivity index (χ0) is 12.8. The summed E-state index contributed by atoms with van der Waals surface area (Å²) in [6.07, 6.45) is 2.55. The lowest BCUT2D eigenvalue weighted by molar-refractivity contribution is -0.118. The van der Waals surface area contributed by atoms with Crippen LogP contribution < -0.4 is 5.32 Å². The summed E-state index contributed by atoms with van der Waals surface area (Å²) >= 11 is 1.30. The van der Waals surface area contributed by atoms with E-state index in [2.05, 4.69) is 16.9 Å². The van der Waals surface area contributed by atoms with Gasteiger partial charge in [-0.05, 0) is 18.6 Å². The first-order chi connectivity index (χ1) is 8.79. The van der Waals surface area contributed by atoms with Gasteiger partial charge in [0.15, 0.2) is 5.58 Å². The molecular weight excluding hydrogens is 248 g/mol. The highest BCUT2D eigenvalue weighted by Gasteiger charge is 2.08. The van der Waals surface area contributed by atoms with E-state index < -0.39 is 0 Å². The highest BCUT2D eigenvalue weighted by molar-refractivity contribution is 7.99. The van der Waals surface area contributed by atoms with Crippen molar-refractivity contribution in [3.8, 4) is 0 Å². The third-order valence-corrected chi connectivity index (χ3v) is 3.10. The van der Waals surface area contributed by atoms with Gasteiger partial charge >= 0.3 is 0 Å². The van der Waals surface area contributed by atoms with Crippen LogP contribution in [0.2, 0.25) is 0 Å². The SMILES string of the molecule is C=CCCNC(=O)CSc1nc2ccccc2o1. The van der Waals surface area contributed by atoms with Gasteiger partial charge in [0.2, 0.25) is 5.91 Å². The molecule has 4 nitrogen and oxygen atoms in total. The standard InChI is InChI=1S/C13H14N2O2S/c1-2-3-8-14-12(16)9-18-13-15-10-6-4-5-7-11(10)17-13/h2,4-7H,1,3,8-9H2,(H,14,16). The van der Waals surface area contributed by atoms with Crippen molar-refractivity contribution in [1.82, 2.24) is 10.3 Å². The number of carbonyl (C=O) groups is 1. The van der Waals surface area contributed by atoms with E-state index in [9.17, 15) is 4.79 Å². The molecule has 1 aromatic heterocycles. The summed E-state index contributed by atoms with van der Waals surface area (Å²) in [6.45, 7) is 4.22. The Hall–Kier alpha value is -1.75. The lowest BCUT2D eigenvalue weighted by Crippen LogP contribution is -2.25. The minimum Gasteiger partial charge on any atom is -0.431 e. The number of nitrogens with one attached hydrogen (secondary N) is 1. The highest BCUT2D eigenvalue weighted by atomic mass is 32.2. The Bertz CT molecular complexity index is 518. The van der Waals surface area contributed by atoms with Crippen molar-refractivity contribution >= 4 is 28.8 Å².